The molecule has 4 saturated heterocycles. The van der Waals surface area contributed by atoms with Crippen LogP contribution >= 0.6 is 13.9 Å². The summed E-state index contributed by atoms with van der Waals surface area (Å²) in [6, 6.07) is 53.1. The number of fused-ring (bicyclic) bond motifs is 9. The van der Waals surface area contributed by atoms with Gasteiger partial charge in [0, 0.05) is 0 Å². The second kappa shape index (κ2) is 8.27. The fourth-order valence-corrected chi connectivity index (χ4v) is 19.4. The molecule has 1 aromatic heterocycles. The number of aromatic nitrogens is 1. The summed E-state index contributed by atoms with van der Waals surface area (Å²) in [5, 5.41) is 4.38. The van der Waals surface area contributed by atoms with E-state index in [4.69, 9.17) is 4.52 Å². The molecule has 6 aromatic carbocycles. The number of hydrogen-bond acceptors (Lipinski definition) is 1. The average Bonchev–Trinajstić information content (AvgIpc) is 4.07. The van der Waals surface area contributed by atoms with Gasteiger partial charge in [0.1, 0.15) is 0 Å². The van der Waals surface area contributed by atoms with Crippen LogP contribution in [-0.4, -0.2) is 50.8 Å². The molecule has 6 aliphatic rings. The fraction of sp³-hybridized carbons (Fsp3) is 0.0270. The third kappa shape index (κ3) is 2.81. The van der Waals surface area contributed by atoms with E-state index in [2.05, 4.69) is 165 Å². The Hall–Kier alpha value is -3.90. The molecular formula is C37H23B7N2P2-. The van der Waals surface area contributed by atoms with E-state index in [0.717, 1.165) is 12.4 Å². The molecule has 13 rings (SSSR count). The quantitative estimate of drug-likeness (QED) is 0.190. The third-order valence-electron chi connectivity index (χ3n) is 12.6. The van der Waals surface area contributed by atoms with E-state index in [9.17, 15) is 0 Å². The second-order valence-electron chi connectivity index (χ2n) is 14.7. The summed E-state index contributed by atoms with van der Waals surface area (Å²) in [5.74, 6) is 0. The van der Waals surface area contributed by atoms with Crippen LogP contribution in [0.1, 0.15) is 22.3 Å². The molecule has 7 heterocycles. The molecule has 7 aromatic rings. The Morgan fingerprint density at radius 3 is 2.06 bits per heavy atom. The van der Waals surface area contributed by atoms with Gasteiger partial charge in [0.15, 0.2) is 0 Å². The summed E-state index contributed by atoms with van der Waals surface area (Å²) in [7, 11) is 2.37. The molecule has 213 valence electrons. The molecule has 48 heavy (non-hydrogen) atoms. The molecule has 0 unspecified atom stereocenters. The first-order valence-electron chi connectivity index (χ1n) is 17.2. The summed E-state index contributed by atoms with van der Waals surface area (Å²) in [6.07, 6.45) is -0.119. The van der Waals surface area contributed by atoms with Gasteiger partial charge in [0.25, 0.3) is 0 Å². The van der Waals surface area contributed by atoms with Gasteiger partial charge in [-0.2, -0.15) is 0 Å². The molecule has 0 bridgehead atoms. The van der Waals surface area contributed by atoms with Crippen LogP contribution in [0.2, 0.25) is 0 Å². The van der Waals surface area contributed by atoms with Crippen LogP contribution in [0.15, 0.2) is 144 Å². The molecule has 0 amide bonds. The zero-order chi connectivity index (χ0) is 31.0. The van der Waals surface area contributed by atoms with Crippen LogP contribution in [0.4, 0.5) is 0 Å². The molecule has 6 aliphatic heterocycles. The van der Waals surface area contributed by atoms with Crippen LogP contribution in [0.3, 0.4) is 0 Å². The van der Waals surface area contributed by atoms with Gasteiger partial charge < -0.3 is 0 Å². The van der Waals surface area contributed by atoms with E-state index >= 15 is 0 Å². The normalized spacial score (nSPS) is 20.5. The number of benzene rings is 6. The van der Waals surface area contributed by atoms with Crippen LogP contribution in [-0.2, 0) is 5.41 Å². The van der Waals surface area contributed by atoms with Crippen LogP contribution in [0.25, 0.3) is 27.5 Å². The Morgan fingerprint density at radius 1 is 0.688 bits per heavy atom. The molecule has 2 nitrogen and oxygen atoms in total. The molecule has 4 fully saturated rings. The number of hydrogen-bond donors (Lipinski definition) is 0. The topological polar surface area (TPSA) is 17.3 Å². The van der Waals surface area contributed by atoms with Crippen molar-refractivity contribution >= 4 is 104 Å². The number of rotatable bonds is 4. The molecule has 0 N–H and O–H groups in total. The van der Waals surface area contributed by atoms with Crippen LogP contribution in [0, 0.1) is 0 Å². The molecule has 0 atom stereocenters. The van der Waals surface area contributed by atoms with Crippen molar-refractivity contribution in [3.63, 3.8) is 0 Å². The zero-order valence-corrected chi connectivity index (χ0v) is 27.9. The summed E-state index contributed by atoms with van der Waals surface area (Å²) in [5.41, 5.74) is 13.3. The second-order valence-corrected chi connectivity index (χ2v) is 21.6. The van der Waals surface area contributed by atoms with Crippen molar-refractivity contribution in [2.24, 2.45) is 4.52 Å². The predicted octanol–water partition coefficient (Wildman–Crippen LogP) is 5.11. The maximum absolute atomic E-state index is 5.85. The van der Waals surface area contributed by atoms with E-state index in [-0.39, 0.29) is 14.2 Å². The van der Waals surface area contributed by atoms with Gasteiger partial charge in [-0.3, -0.25) is 0 Å². The zero-order valence-electron chi connectivity index (χ0n) is 26.1. The Kier molecular flexibility index (Phi) is 4.49. The fourth-order valence-electron chi connectivity index (χ4n) is 10.1. The first-order valence-corrected chi connectivity index (χ1v) is 21.1. The first-order chi connectivity index (χ1) is 23.7. The summed E-state index contributed by atoms with van der Waals surface area (Å²) < 4.78 is 8.49. The van der Waals surface area contributed by atoms with E-state index in [1.54, 1.807) is 5.30 Å². The Labute approximate surface area is 284 Å². The predicted molar refractivity (Wildman–Crippen MR) is 214 cm³/mol. The SMILES string of the molecule is [B]1B2[B-]P12(N=[P+]1B2[B-]B21)c1ccc2c3c1c1ccccc1n3-c1cccc3c1B2c1ccccc1C3(c1ccccc1)c1ccccc1. The Morgan fingerprint density at radius 2 is 1.35 bits per heavy atom. The monoisotopic (exact) mass is 634 g/mol. The van der Waals surface area contributed by atoms with E-state index < -0.39 is 11.8 Å². The summed E-state index contributed by atoms with van der Waals surface area (Å²) in [4.78, 5) is 0. The summed E-state index contributed by atoms with van der Waals surface area (Å²) in [6.45, 7) is 5.46. The molecular weight excluding hydrogens is 610 g/mol. The van der Waals surface area contributed by atoms with E-state index in [1.807, 2.05) is 0 Å². The van der Waals surface area contributed by atoms with Gasteiger partial charge in [-0.05, 0) is 0 Å². The van der Waals surface area contributed by atoms with Crippen molar-refractivity contribution < 1.29 is 0 Å². The Balaban J connectivity index is 1.19. The first kappa shape index (κ1) is 26.0. The molecule has 5 radical (unpaired) electrons. The van der Waals surface area contributed by atoms with Gasteiger partial charge in [-0.25, -0.2) is 0 Å². The van der Waals surface area contributed by atoms with Gasteiger partial charge >= 0.3 is 286 Å². The number of para-hydroxylation sites is 1. The minimum atomic E-state index is -2.39. The van der Waals surface area contributed by atoms with Crippen molar-refractivity contribution in [1.82, 2.24) is 4.57 Å². The van der Waals surface area contributed by atoms with Gasteiger partial charge in [-0.1, -0.05) is 0 Å². The molecule has 0 spiro atoms. The van der Waals surface area contributed by atoms with Crippen molar-refractivity contribution in [2.75, 3.05) is 0 Å². The van der Waals surface area contributed by atoms with Crippen molar-refractivity contribution in [1.29, 1.82) is 0 Å². The van der Waals surface area contributed by atoms with Gasteiger partial charge in [-0.15, -0.1) is 0 Å². The van der Waals surface area contributed by atoms with Crippen LogP contribution in [0.5, 0.6) is 0 Å². The number of nitrogens with zero attached hydrogens (tertiary/aromatic N) is 2. The average molecular weight is 633 g/mol. The van der Waals surface area contributed by atoms with Gasteiger partial charge in [0.2, 0.25) is 0 Å². The maximum atomic E-state index is 5.85. The third-order valence-corrected chi connectivity index (χ3v) is 21.0. The van der Waals surface area contributed by atoms with Gasteiger partial charge in [0.05, 0.1) is 0 Å². The van der Waals surface area contributed by atoms with Crippen LogP contribution < -0.4 is 21.7 Å². The van der Waals surface area contributed by atoms with E-state index in [0.29, 0.717) is 6.21 Å². The standard InChI is InChI=1S/C37H23B7N2P2/c1-3-12-24(13-4-1)37(25-14-5-2-6-15-25)27-17-8-9-19-29(27)41-30-22-23-33(48(39-42(48)40-48)45-47-43-38-44(43)47)34-26-16-7-10-20-31(26)46(36(30)34)32-21-11-18-28(37)35(32)41/h1-23H/q-1. The van der Waals surface area contributed by atoms with Crippen molar-refractivity contribution in [3.8, 4) is 5.69 Å². The molecule has 0 aliphatic carbocycles. The minimum absolute atomic E-state index is 0.141. The molecule has 0 saturated carbocycles. The van der Waals surface area contributed by atoms with Crippen molar-refractivity contribution in [2.45, 2.75) is 5.41 Å². The molecule has 11 heteroatoms. The summed E-state index contributed by atoms with van der Waals surface area (Å²) >= 11 is 0. The Bertz CT molecular complexity index is 2620. The van der Waals surface area contributed by atoms with E-state index in [1.165, 1.54) is 66.1 Å². The van der Waals surface area contributed by atoms with Crippen molar-refractivity contribution in [3.05, 3.63) is 162 Å².